The Balaban J connectivity index is 2.06. The first-order valence-electron chi connectivity index (χ1n) is 8.08. The van der Waals surface area contributed by atoms with Crippen molar-refractivity contribution in [3.63, 3.8) is 0 Å². The highest BCUT2D eigenvalue weighted by Crippen LogP contribution is 2.30. The van der Waals surface area contributed by atoms with Crippen molar-refractivity contribution in [2.45, 2.75) is 50.4 Å². The van der Waals surface area contributed by atoms with Crippen LogP contribution in [0.25, 0.3) is 0 Å². The fourth-order valence-electron chi connectivity index (χ4n) is 3.09. The van der Waals surface area contributed by atoms with Gasteiger partial charge in [0.1, 0.15) is 6.04 Å². The van der Waals surface area contributed by atoms with Gasteiger partial charge in [0.25, 0.3) is 5.91 Å². The number of aliphatic hydroxyl groups is 1. The van der Waals surface area contributed by atoms with Gasteiger partial charge in [-0.25, -0.2) is 4.79 Å². The van der Waals surface area contributed by atoms with E-state index in [-0.39, 0.29) is 11.5 Å². The summed E-state index contributed by atoms with van der Waals surface area (Å²) in [5.74, 6) is -2.33. The highest BCUT2D eigenvalue weighted by atomic mass is 19.4. The molecule has 8 heteroatoms. The van der Waals surface area contributed by atoms with Gasteiger partial charge in [0.15, 0.2) is 6.10 Å². The molecule has 25 heavy (non-hydrogen) atoms. The van der Waals surface area contributed by atoms with Crippen LogP contribution in [0.1, 0.15) is 49.3 Å². The lowest BCUT2D eigenvalue weighted by Gasteiger charge is -2.28. The molecule has 5 nitrogen and oxygen atoms in total. The van der Waals surface area contributed by atoms with Crippen LogP contribution in [0.5, 0.6) is 0 Å². The number of benzene rings is 1. The second-order valence-corrected chi connectivity index (χ2v) is 6.24. The van der Waals surface area contributed by atoms with Crippen molar-refractivity contribution in [2.75, 3.05) is 0 Å². The number of carboxylic acid groups (broad SMARTS) is 1. The second-order valence-electron chi connectivity index (χ2n) is 6.24. The second kappa shape index (κ2) is 7.86. The third-order valence-electron chi connectivity index (χ3n) is 4.49. The SMILES string of the molecule is O=C(O)[C@@H](NC(=O)[C@H](O)c1ccc(C(F)(F)F)cc1)C1CCCCC1. The van der Waals surface area contributed by atoms with E-state index in [0.29, 0.717) is 12.8 Å². The molecule has 0 saturated heterocycles. The maximum atomic E-state index is 12.5. The summed E-state index contributed by atoms with van der Waals surface area (Å²) >= 11 is 0. The van der Waals surface area contributed by atoms with Crippen molar-refractivity contribution < 1.29 is 33.0 Å². The Morgan fingerprint density at radius 3 is 2.12 bits per heavy atom. The van der Waals surface area contributed by atoms with Gasteiger partial charge < -0.3 is 15.5 Å². The van der Waals surface area contributed by atoms with E-state index in [0.717, 1.165) is 43.5 Å². The standard InChI is InChI=1S/C17H20F3NO4/c18-17(19,20)12-8-6-11(7-9-12)14(22)15(23)21-13(16(24)25)10-4-2-1-3-5-10/h6-10,13-14,22H,1-5H2,(H,21,23)(H,24,25)/t13-,14+/m0/s1. The highest BCUT2D eigenvalue weighted by molar-refractivity contribution is 5.87. The van der Waals surface area contributed by atoms with E-state index in [1.807, 2.05) is 0 Å². The number of carbonyl (C=O) groups excluding carboxylic acids is 1. The molecule has 0 radical (unpaired) electrons. The molecule has 0 unspecified atom stereocenters. The van der Waals surface area contributed by atoms with Gasteiger partial charge in [0, 0.05) is 0 Å². The van der Waals surface area contributed by atoms with Gasteiger partial charge in [-0.2, -0.15) is 13.2 Å². The molecular weight excluding hydrogens is 339 g/mol. The van der Waals surface area contributed by atoms with Crippen molar-refractivity contribution in [3.05, 3.63) is 35.4 Å². The van der Waals surface area contributed by atoms with Crippen molar-refractivity contribution in [1.29, 1.82) is 0 Å². The number of nitrogens with one attached hydrogen (secondary N) is 1. The smallest absolute Gasteiger partial charge is 0.416 e. The minimum atomic E-state index is -4.51. The number of hydrogen-bond donors (Lipinski definition) is 3. The molecule has 1 saturated carbocycles. The summed E-state index contributed by atoms with van der Waals surface area (Å²) in [6, 6.07) is 2.42. The van der Waals surface area contributed by atoms with Crippen LogP contribution >= 0.6 is 0 Å². The predicted molar refractivity (Wildman–Crippen MR) is 82.5 cm³/mol. The molecule has 2 atom stereocenters. The van der Waals surface area contributed by atoms with E-state index in [2.05, 4.69) is 5.32 Å². The maximum absolute atomic E-state index is 12.5. The quantitative estimate of drug-likeness (QED) is 0.754. The third-order valence-corrected chi connectivity index (χ3v) is 4.49. The first-order valence-corrected chi connectivity index (χ1v) is 8.08. The van der Waals surface area contributed by atoms with Crippen LogP contribution in [0, 0.1) is 5.92 Å². The molecule has 1 fully saturated rings. The van der Waals surface area contributed by atoms with Crippen molar-refractivity contribution in [2.24, 2.45) is 5.92 Å². The number of carbonyl (C=O) groups is 2. The van der Waals surface area contributed by atoms with Gasteiger partial charge in [0.2, 0.25) is 0 Å². The Morgan fingerprint density at radius 2 is 1.64 bits per heavy atom. The lowest BCUT2D eigenvalue weighted by Crippen LogP contribution is -2.48. The van der Waals surface area contributed by atoms with Crippen LogP contribution in [0.2, 0.25) is 0 Å². The summed E-state index contributed by atoms with van der Waals surface area (Å²) in [6.07, 6.45) is -2.11. The van der Waals surface area contributed by atoms with Crippen LogP contribution < -0.4 is 5.32 Å². The maximum Gasteiger partial charge on any atom is 0.416 e. The number of aliphatic hydroxyl groups excluding tert-OH is 1. The minimum Gasteiger partial charge on any atom is -0.480 e. The van der Waals surface area contributed by atoms with Crippen molar-refractivity contribution >= 4 is 11.9 Å². The lowest BCUT2D eigenvalue weighted by atomic mass is 9.83. The number of amides is 1. The molecule has 0 aromatic heterocycles. The van der Waals surface area contributed by atoms with E-state index in [9.17, 15) is 33.0 Å². The Bertz CT molecular complexity index is 609. The molecule has 3 N–H and O–H groups in total. The lowest BCUT2D eigenvalue weighted by molar-refractivity contribution is -0.145. The summed E-state index contributed by atoms with van der Waals surface area (Å²) in [6.45, 7) is 0. The minimum absolute atomic E-state index is 0.0294. The topological polar surface area (TPSA) is 86.6 Å². The number of carboxylic acids is 1. The first-order chi connectivity index (χ1) is 11.7. The van der Waals surface area contributed by atoms with Gasteiger partial charge in [0.05, 0.1) is 5.56 Å². The average Bonchev–Trinajstić information content (AvgIpc) is 2.58. The summed E-state index contributed by atoms with van der Waals surface area (Å²) < 4.78 is 37.6. The van der Waals surface area contributed by atoms with Gasteiger partial charge in [-0.3, -0.25) is 4.79 Å². The Kier molecular flexibility index (Phi) is 6.05. The summed E-state index contributed by atoms with van der Waals surface area (Å²) in [4.78, 5) is 23.6. The van der Waals surface area contributed by atoms with Crippen molar-refractivity contribution in [3.8, 4) is 0 Å². The third kappa shape index (κ3) is 4.94. The van der Waals surface area contributed by atoms with Crippen LogP contribution in [-0.4, -0.2) is 28.1 Å². The summed E-state index contributed by atoms with van der Waals surface area (Å²) in [7, 11) is 0. The highest BCUT2D eigenvalue weighted by Gasteiger charge is 2.33. The van der Waals surface area contributed by atoms with Crippen molar-refractivity contribution in [1.82, 2.24) is 5.32 Å². The molecule has 0 bridgehead atoms. The number of halogens is 3. The molecule has 0 aliphatic heterocycles. The number of hydrogen-bond acceptors (Lipinski definition) is 3. The molecule has 1 amide bonds. The zero-order chi connectivity index (χ0) is 18.6. The predicted octanol–water partition coefficient (Wildman–Crippen LogP) is 2.89. The molecule has 138 valence electrons. The monoisotopic (exact) mass is 359 g/mol. The summed E-state index contributed by atoms with van der Waals surface area (Å²) in [5, 5.41) is 21.7. The largest absolute Gasteiger partial charge is 0.480 e. The van der Waals surface area contributed by atoms with E-state index in [1.165, 1.54) is 0 Å². The molecule has 1 aliphatic rings. The first kappa shape index (κ1) is 19.2. The molecule has 0 heterocycles. The van der Waals surface area contributed by atoms with Crippen LogP contribution in [0.4, 0.5) is 13.2 Å². The van der Waals surface area contributed by atoms with E-state index < -0.39 is 35.8 Å². The number of alkyl halides is 3. The van der Waals surface area contributed by atoms with Gasteiger partial charge in [-0.05, 0) is 36.5 Å². The Morgan fingerprint density at radius 1 is 1.08 bits per heavy atom. The van der Waals surface area contributed by atoms with E-state index >= 15 is 0 Å². The van der Waals surface area contributed by atoms with Gasteiger partial charge in [-0.1, -0.05) is 31.4 Å². The van der Waals surface area contributed by atoms with E-state index in [4.69, 9.17) is 0 Å². The fourth-order valence-corrected chi connectivity index (χ4v) is 3.09. The molecule has 1 aromatic rings. The Labute approximate surface area is 142 Å². The molecule has 0 spiro atoms. The van der Waals surface area contributed by atoms with Gasteiger partial charge >= 0.3 is 12.1 Å². The molecule has 1 aromatic carbocycles. The zero-order valence-electron chi connectivity index (χ0n) is 13.4. The number of rotatable bonds is 5. The normalized spacial score (nSPS) is 18.4. The van der Waals surface area contributed by atoms with Crippen LogP contribution in [0.3, 0.4) is 0 Å². The molecule has 1 aliphatic carbocycles. The fraction of sp³-hybridized carbons (Fsp3) is 0.529. The van der Waals surface area contributed by atoms with Crippen LogP contribution in [0.15, 0.2) is 24.3 Å². The summed E-state index contributed by atoms with van der Waals surface area (Å²) in [5.41, 5.74) is -0.923. The molecular formula is C17H20F3NO4. The van der Waals surface area contributed by atoms with Gasteiger partial charge in [-0.15, -0.1) is 0 Å². The molecule has 2 rings (SSSR count). The average molecular weight is 359 g/mol. The zero-order valence-corrected chi connectivity index (χ0v) is 13.4. The van der Waals surface area contributed by atoms with E-state index in [1.54, 1.807) is 0 Å². The number of aliphatic carboxylic acids is 1. The van der Waals surface area contributed by atoms with Crippen LogP contribution in [-0.2, 0) is 15.8 Å². The Hall–Kier alpha value is -2.09.